The molecule has 0 aliphatic carbocycles. The Hall–Kier alpha value is -1.85. The summed E-state index contributed by atoms with van der Waals surface area (Å²) in [5, 5.41) is 0.853. The molecular formula is C19H21Cl2NO4. The first-order valence-corrected chi connectivity index (χ1v) is 9.12. The van der Waals surface area contributed by atoms with Crippen molar-refractivity contribution in [1.29, 1.82) is 0 Å². The van der Waals surface area contributed by atoms with Crippen molar-refractivity contribution in [2.45, 2.75) is 33.6 Å². The van der Waals surface area contributed by atoms with Gasteiger partial charge in [-0.2, -0.15) is 0 Å². The van der Waals surface area contributed by atoms with E-state index in [1.807, 2.05) is 0 Å². The van der Waals surface area contributed by atoms with E-state index in [-0.39, 0.29) is 13.2 Å². The van der Waals surface area contributed by atoms with Crippen LogP contribution in [-0.4, -0.2) is 30.9 Å². The summed E-state index contributed by atoms with van der Waals surface area (Å²) in [4.78, 5) is 29.7. The van der Waals surface area contributed by atoms with Gasteiger partial charge in [0.1, 0.15) is 5.92 Å². The predicted octanol–water partition coefficient (Wildman–Crippen LogP) is 4.57. The van der Waals surface area contributed by atoms with Crippen LogP contribution in [0.1, 0.15) is 39.2 Å². The zero-order chi connectivity index (χ0) is 19.4. The summed E-state index contributed by atoms with van der Waals surface area (Å²) >= 11 is 12.5. The SMILES string of the molecule is CCOC(=O)C1=C(C)N=C(C)C(C(=O)OCC)C1c1cc(Cl)ccc1Cl. The molecule has 0 N–H and O–H groups in total. The zero-order valence-corrected chi connectivity index (χ0v) is 16.6. The van der Waals surface area contributed by atoms with E-state index >= 15 is 0 Å². The number of nitrogens with zero attached hydrogens (tertiary/aromatic N) is 1. The number of ether oxygens (including phenoxy) is 2. The highest BCUT2D eigenvalue weighted by Gasteiger charge is 2.43. The van der Waals surface area contributed by atoms with Crippen LogP contribution in [-0.2, 0) is 19.1 Å². The van der Waals surface area contributed by atoms with Crippen molar-refractivity contribution in [1.82, 2.24) is 0 Å². The first-order chi connectivity index (χ1) is 12.3. The summed E-state index contributed by atoms with van der Waals surface area (Å²) in [6, 6.07) is 4.95. The second-order valence-corrected chi connectivity index (χ2v) is 6.69. The molecule has 0 fully saturated rings. The molecular weight excluding hydrogens is 377 g/mol. The van der Waals surface area contributed by atoms with Crippen LogP contribution in [0, 0.1) is 5.92 Å². The standard InChI is InChI=1S/C19H21Cl2NO4/c1-5-25-18(23)15-10(3)22-11(4)16(19(24)26-6-2)17(15)13-9-12(20)7-8-14(13)21/h7-9,15,17H,5-6H2,1-4H3. The second kappa shape index (κ2) is 8.69. The van der Waals surface area contributed by atoms with Gasteiger partial charge < -0.3 is 9.47 Å². The number of allylic oxidation sites excluding steroid dienone is 1. The van der Waals surface area contributed by atoms with Crippen molar-refractivity contribution in [2.24, 2.45) is 10.9 Å². The van der Waals surface area contributed by atoms with Crippen molar-refractivity contribution in [3.63, 3.8) is 0 Å². The summed E-state index contributed by atoms with van der Waals surface area (Å²) in [5.41, 5.74) is 1.89. The number of hydrogen-bond donors (Lipinski definition) is 0. The van der Waals surface area contributed by atoms with Crippen molar-refractivity contribution >= 4 is 40.9 Å². The number of halogens is 2. The third-order valence-corrected chi connectivity index (χ3v) is 4.74. The molecule has 0 bridgehead atoms. The van der Waals surface area contributed by atoms with Gasteiger partial charge in [-0.15, -0.1) is 0 Å². The normalized spacial score (nSPS) is 19.8. The number of carbonyl (C=O) groups excluding carboxylic acids is 2. The molecule has 2 unspecified atom stereocenters. The van der Waals surface area contributed by atoms with Gasteiger partial charge in [0.05, 0.1) is 18.8 Å². The molecule has 1 heterocycles. The van der Waals surface area contributed by atoms with Crippen LogP contribution in [0.25, 0.3) is 0 Å². The topological polar surface area (TPSA) is 65.0 Å². The van der Waals surface area contributed by atoms with Gasteiger partial charge in [0.2, 0.25) is 0 Å². The highest BCUT2D eigenvalue weighted by molar-refractivity contribution is 6.33. The van der Waals surface area contributed by atoms with Crippen molar-refractivity contribution in [3.05, 3.63) is 45.1 Å². The molecule has 1 aromatic rings. The summed E-state index contributed by atoms with van der Waals surface area (Å²) < 4.78 is 10.4. The van der Waals surface area contributed by atoms with Gasteiger partial charge >= 0.3 is 11.9 Å². The molecule has 2 atom stereocenters. The van der Waals surface area contributed by atoms with Gasteiger partial charge in [0.15, 0.2) is 0 Å². The lowest BCUT2D eigenvalue weighted by atomic mass is 9.75. The smallest absolute Gasteiger partial charge is 0.336 e. The molecule has 1 aliphatic rings. The van der Waals surface area contributed by atoms with Crippen LogP contribution in [0.15, 0.2) is 34.5 Å². The van der Waals surface area contributed by atoms with E-state index in [1.165, 1.54) is 0 Å². The van der Waals surface area contributed by atoms with E-state index < -0.39 is 23.8 Å². The Kier molecular flexibility index (Phi) is 6.84. The lowest BCUT2D eigenvalue weighted by Gasteiger charge is -2.32. The predicted molar refractivity (Wildman–Crippen MR) is 102 cm³/mol. The van der Waals surface area contributed by atoms with Crippen LogP contribution < -0.4 is 0 Å². The number of aliphatic imine (C=N–C) groups is 1. The van der Waals surface area contributed by atoms with E-state index in [0.717, 1.165) is 0 Å². The average Bonchev–Trinajstić information content (AvgIpc) is 2.56. The van der Waals surface area contributed by atoms with Crippen molar-refractivity contribution in [2.75, 3.05) is 13.2 Å². The third-order valence-electron chi connectivity index (χ3n) is 4.16. The van der Waals surface area contributed by atoms with Gasteiger partial charge in [0.25, 0.3) is 0 Å². The Labute approximate surface area is 163 Å². The van der Waals surface area contributed by atoms with Crippen LogP contribution in [0.2, 0.25) is 10.0 Å². The van der Waals surface area contributed by atoms with Crippen molar-refractivity contribution < 1.29 is 19.1 Å². The Morgan fingerprint density at radius 1 is 1.12 bits per heavy atom. The van der Waals surface area contributed by atoms with Gasteiger partial charge in [-0.3, -0.25) is 9.79 Å². The van der Waals surface area contributed by atoms with Gasteiger partial charge in [-0.25, -0.2) is 4.79 Å². The van der Waals surface area contributed by atoms with Crippen LogP contribution in [0.4, 0.5) is 0 Å². The molecule has 7 heteroatoms. The van der Waals surface area contributed by atoms with E-state index in [9.17, 15) is 9.59 Å². The largest absolute Gasteiger partial charge is 0.465 e. The third kappa shape index (κ3) is 4.10. The molecule has 0 saturated carbocycles. The Bertz CT molecular complexity index is 786. The van der Waals surface area contributed by atoms with E-state index in [4.69, 9.17) is 32.7 Å². The van der Waals surface area contributed by atoms with Gasteiger partial charge in [-0.1, -0.05) is 23.2 Å². The number of benzene rings is 1. The number of hydrogen-bond acceptors (Lipinski definition) is 5. The molecule has 0 saturated heterocycles. The summed E-state index contributed by atoms with van der Waals surface area (Å²) in [7, 11) is 0. The summed E-state index contributed by atoms with van der Waals surface area (Å²) in [6.45, 7) is 7.31. The number of rotatable bonds is 5. The molecule has 1 aliphatic heterocycles. The van der Waals surface area contributed by atoms with Crippen LogP contribution >= 0.6 is 23.2 Å². The minimum absolute atomic E-state index is 0.207. The van der Waals surface area contributed by atoms with E-state index in [1.54, 1.807) is 45.9 Å². The minimum Gasteiger partial charge on any atom is -0.465 e. The Morgan fingerprint density at radius 2 is 1.77 bits per heavy atom. The molecule has 0 radical (unpaired) electrons. The maximum Gasteiger partial charge on any atom is 0.336 e. The zero-order valence-electron chi connectivity index (χ0n) is 15.1. The summed E-state index contributed by atoms with van der Waals surface area (Å²) in [5.74, 6) is -2.47. The highest BCUT2D eigenvalue weighted by Crippen LogP contribution is 2.43. The fourth-order valence-electron chi connectivity index (χ4n) is 3.14. The lowest BCUT2D eigenvalue weighted by Crippen LogP contribution is -2.36. The van der Waals surface area contributed by atoms with E-state index in [2.05, 4.69) is 4.99 Å². The molecule has 0 amide bonds. The van der Waals surface area contributed by atoms with Crippen LogP contribution in [0.5, 0.6) is 0 Å². The molecule has 2 rings (SSSR count). The van der Waals surface area contributed by atoms with Gasteiger partial charge in [0, 0.05) is 27.4 Å². The fourth-order valence-corrected chi connectivity index (χ4v) is 3.55. The van der Waals surface area contributed by atoms with Crippen molar-refractivity contribution in [3.8, 4) is 0 Å². The Morgan fingerprint density at radius 3 is 2.38 bits per heavy atom. The number of esters is 2. The maximum atomic E-state index is 12.7. The fraction of sp³-hybridized carbons (Fsp3) is 0.421. The molecule has 5 nitrogen and oxygen atoms in total. The lowest BCUT2D eigenvalue weighted by molar-refractivity contribution is -0.146. The van der Waals surface area contributed by atoms with E-state index in [0.29, 0.717) is 32.6 Å². The molecule has 26 heavy (non-hydrogen) atoms. The summed E-state index contributed by atoms with van der Waals surface area (Å²) in [6.07, 6.45) is 0. The van der Waals surface area contributed by atoms with Gasteiger partial charge in [-0.05, 0) is 51.5 Å². The molecule has 140 valence electrons. The second-order valence-electron chi connectivity index (χ2n) is 5.85. The maximum absolute atomic E-state index is 12.7. The molecule has 0 aromatic heterocycles. The Balaban J connectivity index is 2.70. The minimum atomic E-state index is -0.783. The quantitative estimate of drug-likeness (QED) is 0.682. The molecule has 1 aromatic carbocycles. The monoisotopic (exact) mass is 397 g/mol. The highest BCUT2D eigenvalue weighted by atomic mass is 35.5. The first-order valence-electron chi connectivity index (χ1n) is 8.36. The first kappa shape index (κ1) is 20.5. The molecule has 0 spiro atoms. The average molecular weight is 398 g/mol. The van der Waals surface area contributed by atoms with Crippen LogP contribution in [0.3, 0.4) is 0 Å². The number of carbonyl (C=O) groups is 2.